The lowest BCUT2D eigenvalue weighted by molar-refractivity contribution is -0.130. The van der Waals surface area contributed by atoms with E-state index in [9.17, 15) is 9.18 Å². The van der Waals surface area contributed by atoms with Crippen LogP contribution in [0.15, 0.2) is 48.5 Å². The number of imidazole rings is 1. The molecule has 3 aromatic rings. The zero-order valence-corrected chi connectivity index (χ0v) is 14.0. The molecule has 6 heteroatoms. The normalized spacial score (nSPS) is 10.8. The maximum Gasteiger partial charge on any atom is 0.222 e. The fraction of sp³-hybridized carbons (Fsp3) is 0.263. The highest BCUT2D eigenvalue weighted by Crippen LogP contribution is 2.15. The fourth-order valence-electron chi connectivity index (χ4n) is 2.52. The minimum atomic E-state index is -0.402. The quantitative estimate of drug-likeness (QED) is 0.718. The predicted molar refractivity (Wildman–Crippen MR) is 93.9 cm³/mol. The van der Waals surface area contributed by atoms with E-state index < -0.39 is 5.82 Å². The number of hydrogen-bond donors (Lipinski definition) is 1. The van der Waals surface area contributed by atoms with Crippen LogP contribution < -0.4 is 4.74 Å². The van der Waals surface area contributed by atoms with Gasteiger partial charge in [0.1, 0.15) is 12.4 Å². The molecule has 3 rings (SSSR count). The average Bonchev–Trinajstić information content (AvgIpc) is 3.04. The SMILES string of the molecule is CN(CCOc1ccccc1F)C(=O)CCc1nc2ccccc2[nH]1. The summed E-state index contributed by atoms with van der Waals surface area (Å²) in [6.45, 7) is 0.640. The third-order valence-corrected chi connectivity index (χ3v) is 3.96. The Bertz CT molecular complexity index is 830. The summed E-state index contributed by atoms with van der Waals surface area (Å²) in [5.74, 6) is 0.593. The molecule has 130 valence electrons. The molecule has 0 bridgehead atoms. The first-order valence-corrected chi connectivity index (χ1v) is 8.18. The molecule has 0 spiro atoms. The van der Waals surface area contributed by atoms with Crippen LogP contribution in [0.3, 0.4) is 0 Å². The van der Waals surface area contributed by atoms with E-state index in [2.05, 4.69) is 9.97 Å². The first kappa shape index (κ1) is 17.0. The van der Waals surface area contributed by atoms with Crippen LogP contribution in [-0.4, -0.2) is 41.0 Å². The van der Waals surface area contributed by atoms with Gasteiger partial charge in [0.2, 0.25) is 5.91 Å². The molecule has 0 unspecified atom stereocenters. The summed E-state index contributed by atoms with van der Waals surface area (Å²) in [4.78, 5) is 21.5. The number of amides is 1. The summed E-state index contributed by atoms with van der Waals surface area (Å²) in [5, 5.41) is 0. The van der Waals surface area contributed by atoms with Crippen LogP contribution >= 0.6 is 0 Å². The first-order valence-electron chi connectivity index (χ1n) is 8.18. The second kappa shape index (κ2) is 7.79. The molecule has 0 radical (unpaired) electrons. The van der Waals surface area contributed by atoms with Gasteiger partial charge in [0, 0.05) is 19.9 Å². The standard InChI is InChI=1S/C19H20FN3O2/c1-23(12-13-25-17-9-5-2-6-14(17)20)19(24)11-10-18-21-15-7-3-4-8-16(15)22-18/h2-9H,10-13H2,1H3,(H,21,22). The van der Waals surface area contributed by atoms with Gasteiger partial charge in [-0.05, 0) is 24.3 Å². The van der Waals surface area contributed by atoms with Crippen LogP contribution in [0.25, 0.3) is 11.0 Å². The molecule has 0 atom stereocenters. The number of ether oxygens (including phenoxy) is 1. The number of likely N-dealkylation sites (N-methyl/N-ethyl adjacent to an activating group) is 1. The van der Waals surface area contributed by atoms with E-state index in [0.717, 1.165) is 16.9 Å². The van der Waals surface area contributed by atoms with Gasteiger partial charge in [0.15, 0.2) is 11.6 Å². The summed E-state index contributed by atoms with van der Waals surface area (Å²) in [6.07, 6.45) is 0.905. The van der Waals surface area contributed by atoms with Crippen LogP contribution in [0.5, 0.6) is 5.75 Å². The minimum Gasteiger partial charge on any atom is -0.489 e. The molecule has 1 heterocycles. The summed E-state index contributed by atoms with van der Waals surface area (Å²) < 4.78 is 18.8. The van der Waals surface area contributed by atoms with E-state index in [4.69, 9.17) is 4.74 Å². The van der Waals surface area contributed by atoms with E-state index in [1.54, 1.807) is 30.1 Å². The largest absolute Gasteiger partial charge is 0.489 e. The molecule has 25 heavy (non-hydrogen) atoms. The van der Waals surface area contributed by atoms with Gasteiger partial charge < -0.3 is 14.6 Å². The van der Waals surface area contributed by atoms with Crippen LogP contribution in [0.1, 0.15) is 12.2 Å². The molecule has 1 aromatic heterocycles. The third kappa shape index (κ3) is 4.35. The lowest BCUT2D eigenvalue weighted by Crippen LogP contribution is -2.31. The van der Waals surface area contributed by atoms with Gasteiger partial charge in [0.25, 0.3) is 0 Å². The van der Waals surface area contributed by atoms with Crippen LogP contribution in [0, 0.1) is 5.82 Å². The number of aromatic nitrogens is 2. The molecule has 0 aliphatic carbocycles. The molecule has 0 aliphatic rings. The van der Waals surface area contributed by atoms with E-state index in [0.29, 0.717) is 19.4 Å². The maximum atomic E-state index is 13.5. The van der Waals surface area contributed by atoms with E-state index in [1.807, 2.05) is 24.3 Å². The van der Waals surface area contributed by atoms with Gasteiger partial charge in [0.05, 0.1) is 17.6 Å². The van der Waals surface area contributed by atoms with Crippen LogP contribution in [0.4, 0.5) is 4.39 Å². The predicted octanol–water partition coefficient (Wildman–Crippen LogP) is 3.17. The lowest BCUT2D eigenvalue weighted by Gasteiger charge is -2.17. The number of aromatic amines is 1. The highest BCUT2D eigenvalue weighted by molar-refractivity contribution is 5.77. The summed E-state index contributed by atoms with van der Waals surface area (Å²) in [7, 11) is 1.71. The van der Waals surface area contributed by atoms with Crippen molar-refractivity contribution < 1.29 is 13.9 Å². The number of H-pyrrole nitrogens is 1. The number of nitrogens with zero attached hydrogens (tertiary/aromatic N) is 2. The maximum absolute atomic E-state index is 13.5. The molecule has 1 N–H and O–H groups in total. The monoisotopic (exact) mass is 341 g/mol. The van der Waals surface area contributed by atoms with E-state index >= 15 is 0 Å². The van der Waals surface area contributed by atoms with Gasteiger partial charge in [-0.15, -0.1) is 0 Å². The second-order valence-electron chi connectivity index (χ2n) is 5.79. The number of aryl methyl sites for hydroxylation is 1. The van der Waals surface area contributed by atoms with Crippen molar-refractivity contribution in [3.05, 3.63) is 60.2 Å². The molecule has 0 saturated heterocycles. The average molecular weight is 341 g/mol. The number of rotatable bonds is 7. The van der Waals surface area contributed by atoms with Crippen molar-refractivity contribution in [2.45, 2.75) is 12.8 Å². The van der Waals surface area contributed by atoms with Gasteiger partial charge in [-0.1, -0.05) is 24.3 Å². The molecule has 5 nitrogen and oxygen atoms in total. The van der Waals surface area contributed by atoms with Crippen molar-refractivity contribution in [1.82, 2.24) is 14.9 Å². The molecule has 0 saturated carbocycles. The Kier molecular flexibility index (Phi) is 5.28. The number of halogens is 1. The summed E-state index contributed by atoms with van der Waals surface area (Å²) in [6, 6.07) is 14.0. The third-order valence-electron chi connectivity index (χ3n) is 3.96. The van der Waals surface area contributed by atoms with Crippen molar-refractivity contribution in [2.75, 3.05) is 20.2 Å². The van der Waals surface area contributed by atoms with Crippen LogP contribution in [0.2, 0.25) is 0 Å². The van der Waals surface area contributed by atoms with Gasteiger partial charge in [-0.2, -0.15) is 0 Å². The van der Waals surface area contributed by atoms with Crippen molar-refractivity contribution in [2.24, 2.45) is 0 Å². The van der Waals surface area contributed by atoms with Crippen molar-refractivity contribution in [3.8, 4) is 5.75 Å². The van der Waals surface area contributed by atoms with Crippen LogP contribution in [-0.2, 0) is 11.2 Å². The molecule has 0 aliphatic heterocycles. The Labute approximate surface area is 145 Å². The Morgan fingerprint density at radius 1 is 1.20 bits per heavy atom. The van der Waals surface area contributed by atoms with Gasteiger partial charge in [-0.3, -0.25) is 4.79 Å². The second-order valence-corrected chi connectivity index (χ2v) is 5.79. The topological polar surface area (TPSA) is 58.2 Å². The van der Waals surface area contributed by atoms with E-state index in [-0.39, 0.29) is 18.3 Å². The Hall–Kier alpha value is -2.89. The fourth-order valence-corrected chi connectivity index (χ4v) is 2.52. The van der Waals surface area contributed by atoms with Crippen molar-refractivity contribution >= 4 is 16.9 Å². The van der Waals surface area contributed by atoms with Gasteiger partial charge in [-0.25, -0.2) is 9.37 Å². The summed E-state index contributed by atoms with van der Waals surface area (Å²) >= 11 is 0. The summed E-state index contributed by atoms with van der Waals surface area (Å²) in [5.41, 5.74) is 1.87. The molecule has 0 fully saturated rings. The number of carbonyl (C=O) groups excluding carboxylic acids is 1. The van der Waals surface area contributed by atoms with Gasteiger partial charge >= 0.3 is 0 Å². The van der Waals surface area contributed by atoms with Crippen molar-refractivity contribution in [3.63, 3.8) is 0 Å². The molecule has 1 amide bonds. The highest BCUT2D eigenvalue weighted by Gasteiger charge is 2.11. The molecular formula is C19H20FN3O2. The van der Waals surface area contributed by atoms with E-state index in [1.165, 1.54) is 6.07 Å². The number of fused-ring (bicyclic) bond motifs is 1. The Morgan fingerprint density at radius 3 is 2.76 bits per heavy atom. The molecular weight excluding hydrogens is 321 g/mol. The lowest BCUT2D eigenvalue weighted by atomic mass is 10.2. The zero-order chi connectivity index (χ0) is 17.6. The molecule has 2 aromatic carbocycles. The first-order chi connectivity index (χ1) is 12.1. The van der Waals surface area contributed by atoms with Crippen molar-refractivity contribution in [1.29, 1.82) is 0 Å². The number of benzene rings is 2. The number of hydrogen-bond acceptors (Lipinski definition) is 3. The number of para-hydroxylation sites is 3. The number of carbonyl (C=O) groups is 1. The zero-order valence-electron chi connectivity index (χ0n) is 14.0. The minimum absolute atomic E-state index is 0.00223. The Balaban J connectivity index is 1.45. The highest BCUT2D eigenvalue weighted by atomic mass is 19.1. The Morgan fingerprint density at radius 2 is 1.96 bits per heavy atom. The number of nitrogens with one attached hydrogen (secondary N) is 1. The smallest absolute Gasteiger partial charge is 0.222 e.